The lowest BCUT2D eigenvalue weighted by atomic mass is 9.99. The van der Waals surface area contributed by atoms with Crippen molar-refractivity contribution in [2.24, 2.45) is 5.73 Å². The van der Waals surface area contributed by atoms with Crippen molar-refractivity contribution < 1.29 is 4.74 Å². The third-order valence-corrected chi connectivity index (χ3v) is 4.88. The molecule has 0 bridgehead atoms. The van der Waals surface area contributed by atoms with E-state index in [1.54, 1.807) is 7.11 Å². The van der Waals surface area contributed by atoms with Crippen LogP contribution in [-0.2, 0) is 4.74 Å². The highest BCUT2D eigenvalue weighted by atomic mass is 16.5. The molecular weight excluding hydrogens is 250 g/mol. The van der Waals surface area contributed by atoms with Crippen LogP contribution in [0.5, 0.6) is 0 Å². The first-order valence-corrected chi connectivity index (χ1v) is 8.50. The van der Waals surface area contributed by atoms with Gasteiger partial charge >= 0.3 is 0 Å². The monoisotopic (exact) mass is 283 g/mol. The van der Waals surface area contributed by atoms with Crippen LogP contribution in [0.25, 0.3) is 0 Å². The molecule has 0 aromatic heterocycles. The number of hydrogen-bond acceptors (Lipinski definition) is 4. The summed E-state index contributed by atoms with van der Waals surface area (Å²) >= 11 is 0. The van der Waals surface area contributed by atoms with Gasteiger partial charge in [-0.1, -0.05) is 6.42 Å². The van der Waals surface area contributed by atoms with Crippen LogP contribution in [0, 0.1) is 0 Å². The minimum Gasteiger partial charge on any atom is -0.385 e. The third-order valence-electron chi connectivity index (χ3n) is 4.88. The van der Waals surface area contributed by atoms with E-state index in [1.165, 1.54) is 58.3 Å². The van der Waals surface area contributed by atoms with Crippen molar-refractivity contribution in [1.29, 1.82) is 0 Å². The van der Waals surface area contributed by atoms with Crippen LogP contribution < -0.4 is 5.73 Å². The third kappa shape index (κ3) is 5.32. The van der Waals surface area contributed by atoms with Gasteiger partial charge in [-0.05, 0) is 64.7 Å². The second-order valence-corrected chi connectivity index (χ2v) is 6.52. The Morgan fingerprint density at radius 1 is 1.10 bits per heavy atom. The molecule has 0 amide bonds. The maximum Gasteiger partial charge on any atom is 0.0462 e. The van der Waals surface area contributed by atoms with Gasteiger partial charge in [0.2, 0.25) is 0 Å². The number of hydrogen-bond donors (Lipinski definition) is 1. The minimum absolute atomic E-state index is 0.316. The standard InChI is InChI=1S/C16H33N3O/c1-20-13-5-6-15(17)14-18-11-7-16(8-12-18)19-9-3-2-4-10-19/h15-16H,2-14,17H2,1H3. The molecule has 118 valence electrons. The van der Waals surface area contributed by atoms with E-state index in [0.29, 0.717) is 6.04 Å². The molecule has 4 nitrogen and oxygen atoms in total. The summed E-state index contributed by atoms with van der Waals surface area (Å²) in [5.74, 6) is 0. The van der Waals surface area contributed by atoms with Crippen molar-refractivity contribution in [3.05, 3.63) is 0 Å². The number of methoxy groups -OCH3 is 1. The van der Waals surface area contributed by atoms with E-state index >= 15 is 0 Å². The van der Waals surface area contributed by atoms with Crippen molar-refractivity contribution in [1.82, 2.24) is 9.80 Å². The molecule has 2 heterocycles. The van der Waals surface area contributed by atoms with Gasteiger partial charge in [0, 0.05) is 32.3 Å². The first-order valence-electron chi connectivity index (χ1n) is 8.50. The summed E-state index contributed by atoms with van der Waals surface area (Å²) in [4.78, 5) is 5.30. The Bertz CT molecular complexity index is 248. The zero-order valence-electron chi connectivity index (χ0n) is 13.2. The predicted octanol–water partition coefficient (Wildman–Crippen LogP) is 1.69. The van der Waals surface area contributed by atoms with Crippen LogP contribution in [0.15, 0.2) is 0 Å². The highest BCUT2D eigenvalue weighted by molar-refractivity contribution is 4.82. The van der Waals surface area contributed by atoms with E-state index in [2.05, 4.69) is 9.80 Å². The largest absolute Gasteiger partial charge is 0.385 e. The van der Waals surface area contributed by atoms with Crippen LogP contribution in [0.2, 0.25) is 0 Å². The average Bonchev–Trinajstić information content (AvgIpc) is 2.49. The van der Waals surface area contributed by atoms with E-state index in [9.17, 15) is 0 Å². The molecular formula is C16H33N3O. The van der Waals surface area contributed by atoms with Gasteiger partial charge < -0.3 is 20.3 Å². The van der Waals surface area contributed by atoms with Crippen molar-refractivity contribution in [2.75, 3.05) is 46.4 Å². The highest BCUT2D eigenvalue weighted by Crippen LogP contribution is 2.20. The maximum absolute atomic E-state index is 6.22. The highest BCUT2D eigenvalue weighted by Gasteiger charge is 2.25. The van der Waals surface area contributed by atoms with Gasteiger partial charge in [0.25, 0.3) is 0 Å². The fourth-order valence-corrected chi connectivity index (χ4v) is 3.66. The normalized spacial score (nSPS) is 24.9. The topological polar surface area (TPSA) is 41.7 Å². The lowest BCUT2D eigenvalue weighted by molar-refractivity contribution is 0.0889. The zero-order valence-corrected chi connectivity index (χ0v) is 13.2. The Balaban J connectivity index is 1.61. The Morgan fingerprint density at radius 3 is 2.45 bits per heavy atom. The Morgan fingerprint density at radius 2 is 1.80 bits per heavy atom. The van der Waals surface area contributed by atoms with E-state index < -0.39 is 0 Å². The molecule has 2 fully saturated rings. The minimum atomic E-state index is 0.316. The van der Waals surface area contributed by atoms with Gasteiger partial charge in [0.05, 0.1) is 0 Å². The van der Waals surface area contributed by atoms with Crippen LogP contribution in [-0.4, -0.2) is 68.3 Å². The summed E-state index contributed by atoms with van der Waals surface area (Å²) in [7, 11) is 1.76. The zero-order chi connectivity index (χ0) is 14.2. The fourth-order valence-electron chi connectivity index (χ4n) is 3.66. The SMILES string of the molecule is COCCCC(N)CN1CCC(N2CCCCC2)CC1. The number of piperidine rings is 2. The Labute approximate surface area is 124 Å². The summed E-state index contributed by atoms with van der Waals surface area (Å²) in [5, 5.41) is 0. The molecule has 0 aromatic carbocycles. The molecule has 0 aliphatic carbocycles. The van der Waals surface area contributed by atoms with Crippen molar-refractivity contribution >= 4 is 0 Å². The Kier molecular flexibility index (Phi) is 7.28. The number of rotatable bonds is 7. The molecule has 2 saturated heterocycles. The summed E-state index contributed by atoms with van der Waals surface area (Å²) in [6, 6.07) is 1.16. The predicted molar refractivity (Wildman–Crippen MR) is 84.0 cm³/mol. The average molecular weight is 283 g/mol. The van der Waals surface area contributed by atoms with Gasteiger partial charge in [-0.2, -0.15) is 0 Å². The molecule has 2 N–H and O–H groups in total. The summed E-state index contributed by atoms with van der Waals surface area (Å²) in [6.45, 7) is 7.04. The quantitative estimate of drug-likeness (QED) is 0.722. The number of nitrogens with zero attached hydrogens (tertiary/aromatic N) is 2. The molecule has 0 radical (unpaired) electrons. The lowest BCUT2D eigenvalue weighted by Gasteiger charge is -2.40. The molecule has 1 atom stereocenters. The molecule has 0 aromatic rings. The second-order valence-electron chi connectivity index (χ2n) is 6.52. The van der Waals surface area contributed by atoms with E-state index in [0.717, 1.165) is 32.0 Å². The van der Waals surface area contributed by atoms with Crippen molar-refractivity contribution in [3.63, 3.8) is 0 Å². The van der Waals surface area contributed by atoms with Gasteiger partial charge in [-0.3, -0.25) is 0 Å². The molecule has 20 heavy (non-hydrogen) atoms. The number of likely N-dealkylation sites (tertiary alicyclic amines) is 2. The summed E-state index contributed by atoms with van der Waals surface area (Å²) in [5.41, 5.74) is 6.22. The van der Waals surface area contributed by atoms with Gasteiger partial charge in [0.1, 0.15) is 0 Å². The van der Waals surface area contributed by atoms with Crippen LogP contribution in [0.1, 0.15) is 44.9 Å². The van der Waals surface area contributed by atoms with Gasteiger partial charge in [0.15, 0.2) is 0 Å². The second kappa shape index (κ2) is 8.98. The van der Waals surface area contributed by atoms with Crippen LogP contribution >= 0.6 is 0 Å². The van der Waals surface area contributed by atoms with Crippen LogP contribution in [0.4, 0.5) is 0 Å². The summed E-state index contributed by atoms with van der Waals surface area (Å²) in [6.07, 6.45) is 9.10. The molecule has 2 rings (SSSR count). The first kappa shape index (κ1) is 16.2. The smallest absolute Gasteiger partial charge is 0.0462 e. The van der Waals surface area contributed by atoms with E-state index in [-0.39, 0.29) is 0 Å². The number of nitrogens with two attached hydrogens (primary N) is 1. The molecule has 0 saturated carbocycles. The van der Waals surface area contributed by atoms with Crippen LogP contribution in [0.3, 0.4) is 0 Å². The van der Waals surface area contributed by atoms with E-state index in [1.807, 2.05) is 0 Å². The molecule has 1 unspecified atom stereocenters. The Hall–Kier alpha value is -0.160. The molecule has 4 heteroatoms. The van der Waals surface area contributed by atoms with Gasteiger partial charge in [-0.15, -0.1) is 0 Å². The van der Waals surface area contributed by atoms with Gasteiger partial charge in [-0.25, -0.2) is 0 Å². The van der Waals surface area contributed by atoms with E-state index in [4.69, 9.17) is 10.5 Å². The fraction of sp³-hybridized carbons (Fsp3) is 1.00. The maximum atomic E-state index is 6.22. The summed E-state index contributed by atoms with van der Waals surface area (Å²) < 4.78 is 5.09. The molecule has 0 spiro atoms. The van der Waals surface area contributed by atoms with Crippen molar-refractivity contribution in [2.45, 2.75) is 57.0 Å². The lowest BCUT2D eigenvalue weighted by Crippen LogP contribution is -2.49. The first-order chi connectivity index (χ1) is 9.79. The molecule has 2 aliphatic rings. The number of ether oxygens (including phenoxy) is 1. The van der Waals surface area contributed by atoms with Crippen molar-refractivity contribution in [3.8, 4) is 0 Å². The molecule has 2 aliphatic heterocycles.